The van der Waals surface area contributed by atoms with E-state index in [2.05, 4.69) is 41.7 Å². The Kier molecular flexibility index (Phi) is 2.69. The van der Waals surface area contributed by atoms with Gasteiger partial charge in [0, 0.05) is 36.6 Å². The zero-order valence-corrected chi connectivity index (χ0v) is 11.2. The van der Waals surface area contributed by atoms with Crippen molar-refractivity contribution in [3.63, 3.8) is 0 Å². The van der Waals surface area contributed by atoms with Gasteiger partial charge >= 0.3 is 0 Å². The minimum Gasteiger partial charge on any atom is -0.353 e. The van der Waals surface area contributed by atoms with Crippen LogP contribution in [-0.4, -0.2) is 22.6 Å². The number of hydrogen-bond donors (Lipinski definition) is 0. The molecule has 0 N–H and O–H groups in total. The van der Waals surface area contributed by atoms with Crippen LogP contribution in [0.25, 0.3) is 10.8 Å². The number of hydrogen-bond acceptors (Lipinski definition) is 3. The molecule has 0 bridgehead atoms. The lowest BCUT2D eigenvalue weighted by Gasteiger charge is -2.40. The van der Waals surface area contributed by atoms with E-state index in [9.17, 15) is 0 Å². The second-order valence-corrected chi connectivity index (χ2v) is 5.44. The Morgan fingerprint density at radius 3 is 2.72 bits per heavy atom. The number of fused-ring (bicyclic) bond motifs is 1. The van der Waals surface area contributed by atoms with Gasteiger partial charge in [0.2, 0.25) is 0 Å². The molecular weight excluding hydrogens is 222 g/mol. The fraction of sp³-hybridized carbons (Fsp3) is 0.467. The third-order valence-electron chi connectivity index (χ3n) is 3.91. The SMILES string of the molecule is CC(C)c1cnc(N2CC[C@H]2C)c2cnccc12. The zero-order chi connectivity index (χ0) is 12.7. The van der Waals surface area contributed by atoms with E-state index >= 15 is 0 Å². The molecule has 3 rings (SSSR count). The average molecular weight is 241 g/mol. The van der Waals surface area contributed by atoms with Gasteiger partial charge in [0.15, 0.2) is 0 Å². The van der Waals surface area contributed by atoms with Crippen LogP contribution >= 0.6 is 0 Å². The quantitative estimate of drug-likeness (QED) is 0.807. The fourth-order valence-electron chi connectivity index (χ4n) is 2.61. The van der Waals surface area contributed by atoms with Crippen LogP contribution in [0.15, 0.2) is 24.7 Å². The van der Waals surface area contributed by atoms with Crippen LogP contribution < -0.4 is 4.90 Å². The highest BCUT2D eigenvalue weighted by atomic mass is 15.3. The molecule has 0 unspecified atom stereocenters. The zero-order valence-electron chi connectivity index (χ0n) is 11.2. The molecule has 0 spiro atoms. The largest absolute Gasteiger partial charge is 0.353 e. The average Bonchev–Trinajstić information content (AvgIpc) is 2.37. The molecule has 2 aromatic rings. The molecule has 18 heavy (non-hydrogen) atoms. The van der Waals surface area contributed by atoms with Gasteiger partial charge in [-0.1, -0.05) is 13.8 Å². The Bertz CT molecular complexity index is 577. The lowest BCUT2D eigenvalue weighted by Crippen LogP contribution is -2.46. The first kappa shape index (κ1) is 11.5. The second kappa shape index (κ2) is 4.23. The normalized spacial score (nSPS) is 19.3. The Hall–Kier alpha value is -1.64. The summed E-state index contributed by atoms with van der Waals surface area (Å²) in [4.78, 5) is 11.3. The summed E-state index contributed by atoms with van der Waals surface area (Å²) in [6.45, 7) is 7.79. The molecule has 0 aromatic carbocycles. The molecule has 0 aliphatic carbocycles. The van der Waals surface area contributed by atoms with E-state index in [1.165, 1.54) is 22.8 Å². The van der Waals surface area contributed by atoms with Gasteiger partial charge in [-0.2, -0.15) is 0 Å². The van der Waals surface area contributed by atoms with Crippen molar-refractivity contribution >= 4 is 16.6 Å². The van der Waals surface area contributed by atoms with E-state index in [0.717, 1.165) is 12.4 Å². The van der Waals surface area contributed by atoms with Gasteiger partial charge in [0.25, 0.3) is 0 Å². The third kappa shape index (κ3) is 1.65. The topological polar surface area (TPSA) is 29.0 Å². The lowest BCUT2D eigenvalue weighted by molar-refractivity contribution is 0.478. The fourth-order valence-corrected chi connectivity index (χ4v) is 2.61. The van der Waals surface area contributed by atoms with E-state index in [-0.39, 0.29) is 0 Å². The van der Waals surface area contributed by atoms with Crippen LogP contribution in [0, 0.1) is 0 Å². The van der Waals surface area contributed by atoms with E-state index in [4.69, 9.17) is 0 Å². The van der Waals surface area contributed by atoms with Gasteiger partial charge < -0.3 is 4.90 Å². The summed E-state index contributed by atoms with van der Waals surface area (Å²) < 4.78 is 0. The van der Waals surface area contributed by atoms with Gasteiger partial charge in [0.05, 0.1) is 0 Å². The Labute approximate surface area is 108 Å². The van der Waals surface area contributed by atoms with Gasteiger partial charge in [0.1, 0.15) is 5.82 Å². The smallest absolute Gasteiger partial charge is 0.138 e. The molecule has 3 nitrogen and oxygen atoms in total. The van der Waals surface area contributed by atoms with E-state index in [1.807, 2.05) is 18.6 Å². The van der Waals surface area contributed by atoms with Crippen molar-refractivity contribution in [3.8, 4) is 0 Å². The van der Waals surface area contributed by atoms with Crippen LogP contribution in [0.5, 0.6) is 0 Å². The van der Waals surface area contributed by atoms with Gasteiger partial charge in [-0.05, 0) is 36.3 Å². The van der Waals surface area contributed by atoms with E-state index < -0.39 is 0 Å². The highest BCUT2D eigenvalue weighted by Crippen LogP contribution is 2.33. The van der Waals surface area contributed by atoms with E-state index in [0.29, 0.717) is 12.0 Å². The van der Waals surface area contributed by atoms with Gasteiger partial charge in [-0.15, -0.1) is 0 Å². The van der Waals surface area contributed by atoms with Gasteiger partial charge in [-0.25, -0.2) is 4.98 Å². The summed E-state index contributed by atoms with van der Waals surface area (Å²) in [5.41, 5.74) is 1.31. The predicted octanol–water partition coefficient (Wildman–Crippen LogP) is 3.35. The summed E-state index contributed by atoms with van der Waals surface area (Å²) in [5.74, 6) is 1.59. The number of rotatable bonds is 2. The highest BCUT2D eigenvalue weighted by Gasteiger charge is 2.26. The molecule has 1 atom stereocenters. The number of aromatic nitrogens is 2. The molecule has 1 aliphatic heterocycles. The summed E-state index contributed by atoms with van der Waals surface area (Å²) in [7, 11) is 0. The first-order chi connectivity index (χ1) is 8.68. The first-order valence-electron chi connectivity index (χ1n) is 6.67. The van der Waals surface area contributed by atoms with Crippen LogP contribution in [0.2, 0.25) is 0 Å². The standard InChI is InChI=1S/C15H19N3/c1-10(2)13-9-17-15(18-7-5-11(18)3)14-8-16-6-4-12(13)14/h4,6,8-11H,5,7H2,1-3H3/t11-/m1/s1. The maximum absolute atomic E-state index is 4.69. The van der Waals surface area contributed by atoms with Crippen molar-refractivity contribution in [1.82, 2.24) is 9.97 Å². The monoisotopic (exact) mass is 241 g/mol. The molecule has 0 saturated carbocycles. The molecule has 1 fully saturated rings. The molecular formula is C15H19N3. The Morgan fingerprint density at radius 1 is 1.28 bits per heavy atom. The number of nitrogens with zero attached hydrogens (tertiary/aromatic N) is 3. The third-order valence-corrected chi connectivity index (χ3v) is 3.91. The molecule has 1 aliphatic rings. The Balaban J connectivity index is 2.20. The Morgan fingerprint density at radius 2 is 2.11 bits per heavy atom. The molecule has 0 radical (unpaired) electrons. The summed E-state index contributed by atoms with van der Waals surface area (Å²) in [6.07, 6.45) is 7.12. The summed E-state index contributed by atoms with van der Waals surface area (Å²) in [5, 5.41) is 2.49. The second-order valence-electron chi connectivity index (χ2n) is 5.44. The van der Waals surface area contributed by atoms with Crippen molar-refractivity contribution in [2.45, 2.75) is 39.2 Å². The van der Waals surface area contributed by atoms with Crippen molar-refractivity contribution in [2.75, 3.05) is 11.4 Å². The number of anilines is 1. The molecule has 3 heterocycles. The van der Waals surface area contributed by atoms with Gasteiger partial charge in [-0.3, -0.25) is 4.98 Å². The molecule has 94 valence electrons. The van der Waals surface area contributed by atoms with Crippen molar-refractivity contribution in [3.05, 3.63) is 30.2 Å². The maximum Gasteiger partial charge on any atom is 0.138 e. The van der Waals surface area contributed by atoms with Crippen molar-refractivity contribution in [1.29, 1.82) is 0 Å². The highest BCUT2D eigenvalue weighted by molar-refractivity contribution is 5.94. The summed E-state index contributed by atoms with van der Waals surface area (Å²) in [6, 6.07) is 2.71. The molecule has 2 aromatic heterocycles. The van der Waals surface area contributed by atoms with Crippen LogP contribution in [0.4, 0.5) is 5.82 Å². The van der Waals surface area contributed by atoms with Crippen molar-refractivity contribution < 1.29 is 0 Å². The van der Waals surface area contributed by atoms with Crippen LogP contribution in [0.3, 0.4) is 0 Å². The van der Waals surface area contributed by atoms with Crippen molar-refractivity contribution in [2.24, 2.45) is 0 Å². The minimum absolute atomic E-state index is 0.491. The predicted molar refractivity (Wildman–Crippen MR) is 75.1 cm³/mol. The van der Waals surface area contributed by atoms with Crippen LogP contribution in [0.1, 0.15) is 38.7 Å². The molecule has 1 saturated heterocycles. The minimum atomic E-state index is 0.491. The maximum atomic E-state index is 4.69. The molecule has 3 heteroatoms. The first-order valence-corrected chi connectivity index (χ1v) is 6.67. The lowest BCUT2D eigenvalue weighted by atomic mass is 9.98. The number of pyridine rings is 2. The molecule has 0 amide bonds. The van der Waals surface area contributed by atoms with E-state index in [1.54, 1.807) is 0 Å². The van der Waals surface area contributed by atoms with Crippen LogP contribution in [-0.2, 0) is 0 Å². The summed E-state index contributed by atoms with van der Waals surface area (Å²) >= 11 is 0.